The molecule has 0 spiro atoms. The van der Waals surface area contributed by atoms with Gasteiger partial charge in [-0.3, -0.25) is 0 Å². The highest BCUT2D eigenvalue weighted by molar-refractivity contribution is 5.85. The summed E-state index contributed by atoms with van der Waals surface area (Å²) in [6.07, 6.45) is 3.43. The van der Waals surface area contributed by atoms with Gasteiger partial charge in [0.05, 0.1) is 0 Å². The number of halogens is 1. The van der Waals surface area contributed by atoms with Gasteiger partial charge in [-0.1, -0.05) is 18.2 Å². The van der Waals surface area contributed by atoms with Gasteiger partial charge in [0.2, 0.25) is 0 Å². The Morgan fingerprint density at radius 1 is 1.20 bits per heavy atom. The van der Waals surface area contributed by atoms with Crippen LogP contribution in [0.25, 0.3) is 10.9 Å². The number of benzene rings is 1. The van der Waals surface area contributed by atoms with Crippen molar-refractivity contribution in [3.05, 3.63) is 36.0 Å². The molecule has 0 aliphatic carbocycles. The molecule has 0 saturated carbocycles. The topological polar surface area (TPSA) is 27.8 Å². The van der Waals surface area contributed by atoms with Crippen LogP contribution in [0.2, 0.25) is 0 Å². The molecule has 0 amide bonds. The third kappa shape index (κ3) is 1.75. The first kappa shape index (κ1) is 10.5. The summed E-state index contributed by atoms with van der Waals surface area (Å²) in [5, 5.41) is 4.80. The Hall–Kier alpha value is -0.990. The first-order chi connectivity index (χ1) is 6.95. The molecule has 2 heterocycles. The number of H-pyrrole nitrogens is 1. The van der Waals surface area contributed by atoms with Gasteiger partial charge in [0, 0.05) is 23.6 Å². The van der Waals surface area contributed by atoms with Gasteiger partial charge in [-0.15, -0.1) is 12.4 Å². The molecule has 15 heavy (non-hydrogen) atoms. The Kier molecular flexibility index (Phi) is 2.98. The third-order valence-electron chi connectivity index (χ3n) is 3.12. The van der Waals surface area contributed by atoms with E-state index in [4.69, 9.17) is 0 Å². The van der Waals surface area contributed by atoms with Crippen molar-refractivity contribution < 1.29 is 0 Å². The number of aromatic nitrogens is 1. The number of aromatic amines is 1. The monoisotopic (exact) mass is 222 g/mol. The summed E-state index contributed by atoms with van der Waals surface area (Å²) < 4.78 is 0. The van der Waals surface area contributed by atoms with E-state index < -0.39 is 0 Å². The van der Waals surface area contributed by atoms with Crippen molar-refractivity contribution in [3.8, 4) is 0 Å². The predicted molar refractivity (Wildman–Crippen MR) is 65.8 cm³/mol. The van der Waals surface area contributed by atoms with Crippen LogP contribution in [0, 0.1) is 0 Å². The van der Waals surface area contributed by atoms with Crippen LogP contribution in [-0.4, -0.2) is 18.1 Å². The second-order valence-corrected chi connectivity index (χ2v) is 3.98. The molecule has 3 heteroatoms. The van der Waals surface area contributed by atoms with Crippen LogP contribution in [0.15, 0.2) is 30.5 Å². The van der Waals surface area contributed by atoms with Crippen LogP contribution in [0.4, 0.5) is 0 Å². The standard InChI is InChI=1S/C12H14N2.ClH/c1-2-4-12-10(3-1)11(8-14-12)9-5-6-13-7-9;/h1-4,8-9,13-14H,5-7H2;1H. The summed E-state index contributed by atoms with van der Waals surface area (Å²) in [4.78, 5) is 3.34. The maximum atomic E-state index is 3.41. The van der Waals surface area contributed by atoms with Gasteiger partial charge in [-0.2, -0.15) is 0 Å². The first-order valence-electron chi connectivity index (χ1n) is 5.22. The quantitative estimate of drug-likeness (QED) is 0.763. The maximum Gasteiger partial charge on any atom is 0.0456 e. The van der Waals surface area contributed by atoms with Crippen molar-refractivity contribution >= 4 is 23.3 Å². The molecule has 2 nitrogen and oxygen atoms in total. The highest BCUT2D eigenvalue weighted by Gasteiger charge is 2.19. The molecule has 1 fully saturated rings. The fraction of sp³-hybridized carbons (Fsp3) is 0.333. The zero-order chi connectivity index (χ0) is 9.38. The summed E-state index contributed by atoms with van der Waals surface area (Å²) in [5.74, 6) is 0.700. The van der Waals surface area contributed by atoms with Crippen LogP contribution in [0.5, 0.6) is 0 Å². The lowest BCUT2D eigenvalue weighted by Gasteiger charge is -2.05. The number of hydrogen-bond acceptors (Lipinski definition) is 1. The zero-order valence-electron chi connectivity index (χ0n) is 8.49. The summed E-state index contributed by atoms with van der Waals surface area (Å²) in [6, 6.07) is 8.54. The van der Waals surface area contributed by atoms with Gasteiger partial charge in [0.1, 0.15) is 0 Å². The molecule has 80 valence electrons. The Morgan fingerprint density at radius 3 is 2.87 bits per heavy atom. The fourth-order valence-corrected chi connectivity index (χ4v) is 2.35. The van der Waals surface area contributed by atoms with E-state index in [1.165, 1.54) is 22.9 Å². The number of nitrogens with one attached hydrogen (secondary N) is 2. The van der Waals surface area contributed by atoms with Gasteiger partial charge in [-0.25, -0.2) is 0 Å². The van der Waals surface area contributed by atoms with Gasteiger partial charge in [0.25, 0.3) is 0 Å². The van der Waals surface area contributed by atoms with E-state index in [9.17, 15) is 0 Å². The molecule has 3 rings (SSSR count). The normalized spacial score (nSPS) is 20.4. The molecule has 2 aromatic rings. The molecule has 0 radical (unpaired) electrons. The van der Waals surface area contributed by atoms with E-state index in [1.807, 2.05) is 0 Å². The van der Waals surface area contributed by atoms with Crippen molar-refractivity contribution in [2.24, 2.45) is 0 Å². The molecular formula is C12H15ClN2. The van der Waals surface area contributed by atoms with Crippen LogP contribution >= 0.6 is 12.4 Å². The number of hydrogen-bond donors (Lipinski definition) is 2. The molecule has 1 aliphatic rings. The Morgan fingerprint density at radius 2 is 2.07 bits per heavy atom. The molecule has 1 aliphatic heterocycles. The lowest BCUT2D eigenvalue weighted by atomic mass is 9.98. The molecule has 1 atom stereocenters. The van der Waals surface area contributed by atoms with E-state index >= 15 is 0 Å². The molecule has 1 unspecified atom stereocenters. The van der Waals surface area contributed by atoms with Crippen molar-refractivity contribution in [2.75, 3.05) is 13.1 Å². The molecular weight excluding hydrogens is 208 g/mol. The second kappa shape index (κ2) is 4.25. The summed E-state index contributed by atoms with van der Waals surface area (Å²) in [6.45, 7) is 2.28. The van der Waals surface area contributed by atoms with E-state index in [0.717, 1.165) is 13.1 Å². The lowest BCUT2D eigenvalue weighted by molar-refractivity contribution is 0.769. The average Bonchev–Trinajstić information content (AvgIpc) is 2.85. The Bertz CT molecular complexity index is 444. The van der Waals surface area contributed by atoms with E-state index in [2.05, 4.69) is 40.8 Å². The second-order valence-electron chi connectivity index (χ2n) is 3.98. The van der Waals surface area contributed by atoms with Crippen LogP contribution in [0.3, 0.4) is 0 Å². The first-order valence-corrected chi connectivity index (χ1v) is 5.22. The van der Waals surface area contributed by atoms with Gasteiger partial charge in [0.15, 0.2) is 0 Å². The van der Waals surface area contributed by atoms with Crippen molar-refractivity contribution in [1.29, 1.82) is 0 Å². The van der Waals surface area contributed by atoms with Crippen molar-refractivity contribution in [3.63, 3.8) is 0 Å². The minimum atomic E-state index is 0. The summed E-state index contributed by atoms with van der Waals surface area (Å²) >= 11 is 0. The molecule has 2 N–H and O–H groups in total. The largest absolute Gasteiger partial charge is 0.361 e. The highest BCUT2D eigenvalue weighted by Crippen LogP contribution is 2.28. The zero-order valence-corrected chi connectivity index (χ0v) is 9.31. The van der Waals surface area contributed by atoms with E-state index in [0.29, 0.717) is 5.92 Å². The van der Waals surface area contributed by atoms with Crippen molar-refractivity contribution in [1.82, 2.24) is 10.3 Å². The molecule has 1 saturated heterocycles. The minimum Gasteiger partial charge on any atom is -0.361 e. The predicted octanol–water partition coefficient (Wildman–Crippen LogP) is 2.67. The number of fused-ring (bicyclic) bond motifs is 1. The smallest absolute Gasteiger partial charge is 0.0456 e. The Labute approximate surface area is 95.5 Å². The van der Waals surface area contributed by atoms with Crippen LogP contribution in [0.1, 0.15) is 17.9 Å². The van der Waals surface area contributed by atoms with Crippen LogP contribution in [-0.2, 0) is 0 Å². The van der Waals surface area contributed by atoms with Gasteiger partial charge >= 0.3 is 0 Å². The maximum absolute atomic E-state index is 3.41. The average molecular weight is 223 g/mol. The number of para-hydroxylation sites is 1. The van der Waals surface area contributed by atoms with Gasteiger partial charge < -0.3 is 10.3 Å². The third-order valence-corrected chi connectivity index (χ3v) is 3.12. The summed E-state index contributed by atoms with van der Waals surface area (Å²) in [7, 11) is 0. The van der Waals surface area contributed by atoms with Gasteiger partial charge in [-0.05, 0) is 30.5 Å². The molecule has 1 aromatic heterocycles. The Balaban J connectivity index is 0.000000853. The van der Waals surface area contributed by atoms with E-state index in [-0.39, 0.29) is 12.4 Å². The fourth-order valence-electron chi connectivity index (χ4n) is 2.35. The van der Waals surface area contributed by atoms with Crippen molar-refractivity contribution in [2.45, 2.75) is 12.3 Å². The number of rotatable bonds is 1. The molecule has 0 bridgehead atoms. The minimum absolute atomic E-state index is 0. The molecule has 1 aromatic carbocycles. The van der Waals surface area contributed by atoms with E-state index in [1.54, 1.807) is 0 Å². The highest BCUT2D eigenvalue weighted by atomic mass is 35.5. The SMILES string of the molecule is Cl.c1ccc2c(C3CCNC3)c[nH]c2c1. The van der Waals surface area contributed by atoms with Crippen LogP contribution < -0.4 is 5.32 Å². The lowest BCUT2D eigenvalue weighted by Crippen LogP contribution is -2.07. The summed E-state index contributed by atoms with van der Waals surface area (Å²) in [5.41, 5.74) is 2.74.